The van der Waals surface area contributed by atoms with Crippen molar-refractivity contribution < 1.29 is 19.2 Å². The maximum Gasteiger partial charge on any atom is 0.161 e. The van der Waals surface area contributed by atoms with Gasteiger partial charge in [0.05, 0.1) is 23.7 Å². The number of carbonyl (C=O) groups is 4. The van der Waals surface area contributed by atoms with Gasteiger partial charge in [-0.15, -0.1) is 0 Å². The summed E-state index contributed by atoms with van der Waals surface area (Å²) in [6.07, 6.45) is 17.5. The number of ketones is 4. The van der Waals surface area contributed by atoms with E-state index in [4.69, 9.17) is 29.9 Å². The lowest BCUT2D eigenvalue weighted by atomic mass is 9.70. The highest BCUT2D eigenvalue weighted by atomic mass is 16.1. The van der Waals surface area contributed by atoms with E-state index in [1.54, 1.807) is 0 Å². The van der Waals surface area contributed by atoms with Crippen molar-refractivity contribution in [1.29, 1.82) is 0 Å². The van der Waals surface area contributed by atoms with Gasteiger partial charge in [-0.1, -0.05) is 48.6 Å². The molecule has 52 heavy (non-hydrogen) atoms. The first-order valence-corrected chi connectivity index (χ1v) is 18.0. The van der Waals surface area contributed by atoms with Crippen LogP contribution in [0, 0.1) is 23.7 Å². The van der Waals surface area contributed by atoms with Crippen LogP contribution in [-0.2, 0) is 19.2 Å². The number of aromatic amines is 2. The van der Waals surface area contributed by atoms with Crippen LogP contribution in [0.15, 0.2) is 48.6 Å². The first-order valence-electron chi connectivity index (χ1n) is 18.0. The maximum atomic E-state index is 13.4. The van der Waals surface area contributed by atoms with Crippen molar-refractivity contribution in [2.24, 2.45) is 23.7 Å². The molecule has 0 spiro atoms. The Morgan fingerprint density at radius 3 is 1.21 bits per heavy atom. The second-order valence-corrected chi connectivity index (χ2v) is 15.5. The van der Waals surface area contributed by atoms with Gasteiger partial charge in [0.25, 0.3) is 0 Å². The molecule has 2 aliphatic heterocycles. The molecule has 0 aromatic carbocycles. The van der Waals surface area contributed by atoms with Crippen LogP contribution < -0.4 is 0 Å². The number of nitrogens with one attached hydrogen (secondary N) is 2. The van der Waals surface area contributed by atoms with E-state index in [1.807, 2.05) is 24.3 Å². The zero-order valence-corrected chi connectivity index (χ0v) is 27.4. The number of fused-ring (bicyclic) bond motifs is 12. The summed E-state index contributed by atoms with van der Waals surface area (Å²) in [7, 11) is 0. The van der Waals surface area contributed by atoms with Gasteiger partial charge in [-0.3, -0.25) is 19.2 Å². The highest BCUT2D eigenvalue weighted by Crippen LogP contribution is 2.53. The Morgan fingerprint density at radius 1 is 0.365 bits per heavy atom. The van der Waals surface area contributed by atoms with Crippen molar-refractivity contribution in [2.45, 2.75) is 49.4 Å². The molecule has 2 N–H and O–H groups in total. The minimum atomic E-state index is -0.497. The normalized spacial score (nSPS) is 32.0. The lowest BCUT2D eigenvalue weighted by Crippen LogP contribution is -2.29. The molecule has 0 amide bonds. The molecule has 14 aliphatic rings. The minimum absolute atomic E-state index is 0.113. The van der Waals surface area contributed by atoms with Gasteiger partial charge in [0.15, 0.2) is 23.3 Å². The second kappa shape index (κ2) is 9.05. The van der Waals surface area contributed by atoms with E-state index in [9.17, 15) is 19.2 Å². The van der Waals surface area contributed by atoms with Gasteiger partial charge in [0.2, 0.25) is 0 Å². The van der Waals surface area contributed by atoms with Crippen LogP contribution in [0.2, 0.25) is 0 Å². The largest absolute Gasteiger partial charge is 0.324 e. The molecule has 12 aliphatic carbocycles. The van der Waals surface area contributed by atoms with Crippen LogP contribution in [0.3, 0.4) is 0 Å². The van der Waals surface area contributed by atoms with Gasteiger partial charge < -0.3 is 9.97 Å². The number of rotatable bonds is 0. The average Bonchev–Trinajstić information content (AvgIpc) is 3.90. The monoisotopic (exact) mass is 682 g/mol. The van der Waals surface area contributed by atoms with Crippen LogP contribution in [0.4, 0.5) is 0 Å². The summed E-state index contributed by atoms with van der Waals surface area (Å²) < 4.78 is 0. The molecule has 12 heteroatoms. The first kappa shape index (κ1) is 27.7. The number of hydrogen-bond acceptors (Lipinski definition) is 10. The molecular formula is C40H26N8O4. The number of aromatic nitrogens is 8. The topological polar surface area (TPSA) is 177 Å². The molecule has 3 aromatic heterocycles. The number of nitrogens with zero attached hydrogens (tertiary/aromatic N) is 6. The van der Waals surface area contributed by atoms with Crippen LogP contribution >= 0.6 is 0 Å². The molecule has 0 saturated carbocycles. The summed E-state index contributed by atoms with van der Waals surface area (Å²) in [5, 5.41) is 0. The fourth-order valence-electron chi connectivity index (χ4n) is 10.6. The van der Waals surface area contributed by atoms with E-state index in [1.165, 1.54) is 0 Å². The summed E-state index contributed by atoms with van der Waals surface area (Å²) >= 11 is 0. The Balaban J connectivity index is 1.20. The van der Waals surface area contributed by atoms with Gasteiger partial charge in [-0.25, -0.2) is 29.9 Å². The summed E-state index contributed by atoms with van der Waals surface area (Å²) in [6, 6.07) is 0. The van der Waals surface area contributed by atoms with Crippen molar-refractivity contribution in [1.82, 2.24) is 39.9 Å². The Morgan fingerprint density at radius 2 is 0.712 bits per heavy atom. The number of carbonyl (C=O) groups excluding carboxylic acids is 4. The van der Waals surface area contributed by atoms with Crippen molar-refractivity contribution in [3.63, 3.8) is 0 Å². The van der Waals surface area contributed by atoms with Crippen LogP contribution in [0.5, 0.6) is 0 Å². The molecule has 0 fully saturated rings. The fraction of sp³-hybridized carbons (Fsp3) is 0.300. The van der Waals surface area contributed by atoms with Crippen molar-refractivity contribution in [3.05, 3.63) is 94.2 Å². The average molecular weight is 683 g/mol. The van der Waals surface area contributed by atoms with Crippen LogP contribution in [-0.4, -0.2) is 63.0 Å². The minimum Gasteiger partial charge on any atom is -0.324 e. The maximum absolute atomic E-state index is 13.4. The predicted molar refractivity (Wildman–Crippen MR) is 186 cm³/mol. The number of hydrogen-bond donors (Lipinski definition) is 2. The van der Waals surface area contributed by atoms with Gasteiger partial charge in [0, 0.05) is 93.9 Å². The molecule has 8 unspecified atom stereocenters. The highest BCUT2D eigenvalue weighted by Gasteiger charge is 2.47. The van der Waals surface area contributed by atoms with E-state index in [2.05, 4.69) is 34.3 Å². The molecule has 3 aromatic rings. The molecule has 0 saturated heterocycles. The van der Waals surface area contributed by atoms with E-state index in [0.717, 1.165) is 44.5 Å². The van der Waals surface area contributed by atoms with Gasteiger partial charge in [-0.2, -0.15) is 0 Å². The summed E-state index contributed by atoms with van der Waals surface area (Å²) in [4.78, 5) is 91.2. The fourth-order valence-corrected chi connectivity index (χ4v) is 10.6. The Bertz CT molecular complexity index is 2790. The lowest BCUT2D eigenvalue weighted by molar-refractivity contribution is -0.121. The lowest BCUT2D eigenvalue weighted by Gasteiger charge is -2.31. The van der Waals surface area contributed by atoms with Gasteiger partial charge in [-0.05, 0) is 0 Å². The first-order chi connectivity index (χ1) is 25.4. The Kier molecular flexibility index (Phi) is 4.82. The van der Waals surface area contributed by atoms with E-state index in [-0.39, 0.29) is 46.8 Å². The molecule has 0 radical (unpaired) electrons. The molecule has 5 heterocycles. The molecular weight excluding hydrogens is 656 g/mol. The van der Waals surface area contributed by atoms with E-state index < -0.39 is 23.7 Å². The second-order valence-electron chi connectivity index (χ2n) is 15.5. The third-order valence-electron chi connectivity index (χ3n) is 12.9. The number of Topliss-reactive ketones (excluding diaryl/α,β-unsaturated/α-hetero) is 4. The van der Waals surface area contributed by atoms with Crippen LogP contribution in [0.25, 0.3) is 44.9 Å². The summed E-state index contributed by atoms with van der Waals surface area (Å²) in [5.74, 6) is -0.517. The molecule has 250 valence electrons. The van der Waals surface area contributed by atoms with Crippen LogP contribution in [0.1, 0.15) is 94.9 Å². The van der Waals surface area contributed by atoms with Crippen molar-refractivity contribution >= 4 is 68.0 Å². The smallest absolute Gasteiger partial charge is 0.161 e. The molecule has 17 rings (SSSR count). The standard InChI is InChI=1S/C40H26N8O4/c49-21-9-13-1-5-17(21)29-25(13)33-41-37(29)46-34-27-15-3-7-19(23(51)11-15)31(27)39(43-34)48-36-28-16-4-8-20(24(52)12-16)32(28)40(44-36)47-35-26-14-2-6-18(22(50)10-14)30(26)38(42-35)45-33/h1-8,13-20H,9-12H2,(H2,41,42,43,44,45,46,47,48). The predicted octanol–water partition coefficient (Wildman–Crippen LogP) is 4.69. The SMILES string of the molecule is O=C1CC2C=CC1C1=C2c2nc1nc1nc(nc3[nH]c(nc4[nH]c(n2)c2c4C4C=CC2C(=O)C4)c2c3C3C=CC2C(=O)C3)C2=C1C1C=CC2C(=O)C1. The summed E-state index contributed by atoms with van der Waals surface area (Å²) in [5.41, 5.74) is 8.79. The van der Waals surface area contributed by atoms with Crippen molar-refractivity contribution in [2.75, 3.05) is 0 Å². The molecule has 12 nitrogen and oxygen atoms in total. The molecule has 8 atom stereocenters. The zero-order chi connectivity index (χ0) is 34.3. The van der Waals surface area contributed by atoms with Crippen molar-refractivity contribution in [3.8, 4) is 0 Å². The van der Waals surface area contributed by atoms with Gasteiger partial charge in [0.1, 0.15) is 45.7 Å². The number of allylic oxidation sites excluding steroid dienone is 12. The Labute approximate surface area is 293 Å². The molecule has 16 bridgehead atoms. The third kappa shape index (κ3) is 3.25. The number of H-pyrrole nitrogens is 2. The van der Waals surface area contributed by atoms with E-state index >= 15 is 0 Å². The van der Waals surface area contributed by atoms with Gasteiger partial charge >= 0.3 is 0 Å². The Hall–Kier alpha value is -6.04. The van der Waals surface area contributed by atoms with E-state index in [0.29, 0.717) is 71.6 Å². The quantitative estimate of drug-likeness (QED) is 0.316. The summed E-state index contributed by atoms with van der Waals surface area (Å²) in [6.45, 7) is 0. The zero-order valence-electron chi connectivity index (χ0n) is 27.4. The third-order valence-corrected chi connectivity index (χ3v) is 12.9. The highest BCUT2D eigenvalue weighted by molar-refractivity contribution is 6.11.